The number of hydrogen-bond donors (Lipinski definition) is 1. The first kappa shape index (κ1) is 12.2. The molecule has 1 fully saturated rings. The van der Waals surface area contributed by atoms with Gasteiger partial charge in [-0.25, -0.2) is 0 Å². The topological polar surface area (TPSA) is 21.3 Å². The lowest BCUT2D eigenvalue weighted by Crippen LogP contribution is -2.12. The zero-order valence-corrected chi connectivity index (χ0v) is 11.0. The predicted molar refractivity (Wildman–Crippen MR) is 77.2 cm³/mol. The zero-order chi connectivity index (χ0) is 12.9. The van der Waals surface area contributed by atoms with Gasteiger partial charge in [-0.3, -0.25) is 0 Å². The Morgan fingerprint density at radius 3 is 2.74 bits per heavy atom. The number of ether oxygens (including phenoxy) is 1. The molecule has 0 saturated carbocycles. The highest BCUT2D eigenvalue weighted by molar-refractivity contribution is 5.31. The van der Waals surface area contributed by atoms with E-state index in [2.05, 4.69) is 35.6 Å². The highest BCUT2D eigenvalue weighted by Gasteiger charge is 2.16. The SMILES string of the molecule is c1ccc(COc2cccc(C3CCCN3)c2)cc1. The van der Waals surface area contributed by atoms with Gasteiger partial charge in [0.2, 0.25) is 0 Å². The number of rotatable bonds is 4. The molecule has 0 spiro atoms. The van der Waals surface area contributed by atoms with Gasteiger partial charge < -0.3 is 10.1 Å². The monoisotopic (exact) mass is 253 g/mol. The van der Waals surface area contributed by atoms with Gasteiger partial charge in [-0.1, -0.05) is 42.5 Å². The van der Waals surface area contributed by atoms with Gasteiger partial charge in [0.1, 0.15) is 12.4 Å². The highest BCUT2D eigenvalue weighted by Crippen LogP contribution is 2.26. The fourth-order valence-electron chi connectivity index (χ4n) is 2.53. The quantitative estimate of drug-likeness (QED) is 0.897. The molecule has 2 aromatic rings. The number of hydrogen-bond acceptors (Lipinski definition) is 2. The van der Waals surface area contributed by atoms with Crippen molar-refractivity contribution in [2.75, 3.05) is 6.54 Å². The van der Waals surface area contributed by atoms with Crippen LogP contribution in [0, 0.1) is 0 Å². The summed E-state index contributed by atoms with van der Waals surface area (Å²) in [6, 6.07) is 19.2. The van der Waals surface area contributed by atoms with Crippen LogP contribution in [-0.2, 0) is 6.61 Å². The summed E-state index contributed by atoms with van der Waals surface area (Å²) >= 11 is 0. The van der Waals surface area contributed by atoms with E-state index in [-0.39, 0.29) is 0 Å². The van der Waals surface area contributed by atoms with Crippen LogP contribution in [-0.4, -0.2) is 6.54 Å². The third-order valence-corrected chi connectivity index (χ3v) is 3.57. The van der Waals surface area contributed by atoms with E-state index in [1.165, 1.54) is 24.0 Å². The fraction of sp³-hybridized carbons (Fsp3) is 0.294. The van der Waals surface area contributed by atoms with Crippen molar-refractivity contribution < 1.29 is 4.74 Å². The maximum Gasteiger partial charge on any atom is 0.120 e. The minimum absolute atomic E-state index is 0.500. The largest absolute Gasteiger partial charge is 0.489 e. The Bertz CT molecular complexity index is 518. The minimum atomic E-state index is 0.500. The van der Waals surface area contributed by atoms with Crippen LogP contribution in [0.25, 0.3) is 0 Å². The third-order valence-electron chi connectivity index (χ3n) is 3.57. The molecule has 1 atom stereocenters. The summed E-state index contributed by atoms with van der Waals surface area (Å²) in [5, 5.41) is 3.52. The van der Waals surface area contributed by atoms with Gasteiger partial charge >= 0.3 is 0 Å². The van der Waals surface area contributed by atoms with Crippen LogP contribution in [0.15, 0.2) is 54.6 Å². The van der Waals surface area contributed by atoms with Crippen molar-refractivity contribution in [1.82, 2.24) is 5.32 Å². The van der Waals surface area contributed by atoms with Crippen LogP contribution >= 0.6 is 0 Å². The Labute approximate surface area is 114 Å². The molecule has 0 aromatic heterocycles. The Morgan fingerprint density at radius 1 is 1.05 bits per heavy atom. The smallest absolute Gasteiger partial charge is 0.120 e. The molecule has 0 radical (unpaired) electrons. The molecule has 0 amide bonds. The van der Waals surface area contributed by atoms with Crippen LogP contribution in [0.3, 0.4) is 0 Å². The van der Waals surface area contributed by atoms with E-state index in [1.807, 2.05) is 24.3 Å². The molecule has 1 aliphatic heterocycles. The molecule has 1 heterocycles. The lowest BCUT2D eigenvalue weighted by atomic mass is 10.1. The Morgan fingerprint density at radius 2 is 1.95 bits per heavy atom. The first-order valence-corrected chi connectivity index (χ1v) is 6.92. The molecule has 3 rings (SSSR count). The van der Waals surface area contributed by atoms with Crippen molar-refractivity contribution in [3.63, 3.8) is 0 Å². The normalized spacial score (nSPS) is 18.4. The molecule has 1 N–H and O–H groups in total. The average Bonchev–Trinajstić information content (AvgIpc) is 3.01. The van der Waals surface area contributed by atoms with E-state index >= 15 is 0 Å². The molecule has 19 heavy (non-hydrogen) atoms. The Kier molecular flexibility index (Phi) is 3.80. The van der Waals surface area contributed by atoms with Crippen LogP contribution in [0.2, 0.25) is 0 Å². The second-order valence-corrected chi connectivity index (χ2v) is 5.00. The van der Waals surface area contributed by atoms with Crippen molar-refractivity contribution in [2.45, 2.75) is 25.5 Å². The molecule has 2 heteroatoms. The van der Waals surface area contributed by atoms with Crippen molar-refractivity contribution >= 4 is 0 Å². The summed E-state index contributed by atoms with van der Waals surface area (Å²) in [6.45, 7) is 1.75. The second kappa shape index (κ2) is 5.89. The molecule has 1 unspecified atom stereocenters. The second-order valence-electron chi connectivity index (χ2n) is 5.00. The van der Waals surface area contributed by atoms with Crippen molar-refractivity contribution in [2.24, 2.45) is 0 Å². The van der Waals surface area contributed by atoms with Crippen LogP contribution in [0.1, 0.15) is 30.0 Å². The first-order chi connectivity index (χ1) is 9.42. The molecule has 2 aromatic carbocycles. The van der Waals surface area contributed by atoms with E-state index in [1.54, 1.807) is 0 Å². The molecular formula is C17H19NO. The van der Waals surface area contributed by atoms with Crippen molar-refractivity contribution in [3.8, 4) is 5.75 Å². The fourth-order valence-corrected chi connectivity index (χ4v) is 2.53. The molecule has 98 valence electrons. The van der Waals surface area contributed by atoms with E-state index in [0.29, 0.717) is 12.6 Å². The average molecular weight is 253 g/mol. The van der Waals surface area contributed by atoms with Gasteiger partial charge in [-0.15, -0.1) is 0 Å². The van der Waals surface area contributed by atoms with Gasteiger partial charge in [0.05, 0.1) is 0 Å². The Hall–Kier alpha value is -1.80. The summed E-state index contributed by atoms with van der Waals surface area (Å²) in [4.78, 5) is 0. The van der Waals surface area contributed by atoms with Crippen molar-refractivity contribution in [3.05, 3.63) is 65.7 Å². The Balaban J connectivity index is 1.66. The van der Waals surface area contributed by atoms with E-state index in [0.717, 1.165) is 12.3 Å². The van der Waals surface area contributed by atoms with E-state index in [9.17, 15) is 0 Å². The molecule has 1 saturated heterocycles. The molecule has 1 aliphatic rings. The maximum atomic E-state index is 5.86. The van der Waals surface area contributed by atoms with E-state index in [4.69, 9.17) is 4.74 Å². The van der Waals surface area contributed by atoms with Gasteiger partial charge in [-0.2, -0.15) is 0 Å². The van der Waals surface area contributed by atoms with Crippen molar-refractivity contribution in [1.29, 1.82) is 0 Å². The van der Waals surface area contributed by atoms with Gasteiger partial charge in [0, 0.05) is 6.04 Å². The maximum absolute atomic E-state index is 5.86. The predicted octanol–water partition coefficient (Wildman–Crippen LogP) is 3.69. The third kappa shape index (κ3) is 3.15. The lowest BCUT2D eigenvalue weighted by molar-refractivity contribution is 0.305. The first-order valence-electron chi connectivity index (χ1n) is 6.92. The van der Waals surface area contributed by atoms with Crippen LogP contribution in [0.5, 0.6) is 5.75 Å². The van der Waals surface area contributed by atoms with Crippen LogP contribution in [0.4, 0.5) is 0 Å². The number of nitrogens with one attached hydrogen (secondary N) is 1. The highest BCUT2D eigenvalue weighted by atomic mass is 16.5. The molecule has 0 aliphatic carbocycles. The summed E-state index contributed by atoms with van der Waals surface area (Å²) < 4.78 is 5.86. The zero-order valence-electron chi connectivity index (χ0n) is 11.0. The van der Waals surface area contributed by atoms with Crippen LogP contribution < -0.4 is 10.1 Å². The summed E-state index contributed by atoms with van der Waals surface area (Å²) in [5.74, 6) is 0.954. The van der Waals surface area contributed by atoms with Gasteiger partial charge in [0.15, 0.2) is 0 Å². The van der Waals surface area contributed by atoms with Gasteiger partial charge in [0.25, 0.3) is 0 Å². The molecule has 2 nitrogen and oxygen atoms in total. The van der Waals surface area contributed by atoms with E-state index < -0.39 is 0 Å². The summed E-state index contributed by atoms with van der Waals surface area (Å²) in [7, 11) is 0. The summed E-state index contributed by atoms with van der Waals surface area (Å²) in [5.41, 5.74) is 2.54. The molecular weight excluding hydrogens is 234 g/mol. The standard InChI is InChI=1S/C17H19NO/c1-2-6-14(7-3-1)13-19-16-9-4-8-15(12-16)17-10-5-11-18-17/h1-4,6-9,12,17-18H,5,10-11,13H2. The molecule has 0 bridgehead atoms. The minimum Gasteiger partial charge on any atom is -0.489 e. The van der Waals surface area contributed by atoms with Gasteiger partial charge in [-0.05, 0) is 42.6 Å². The number of benzene rings is 2. The lowest BCUT2D eigenvalue weighted by Gasteiger charge is -2.13. The summed E-state index contributed by atoms with van der Waals surface area (Å²) in [6.07, 6.45) is 2.49.